The summed E-state index contributed by atoms with van der Waals surface area (Å²) in [5.74, 6) is -0.0275. The fraction of sp³-hybridized carbons (Fsp3) is 0.250. The zero-order chi connectivity index (χ0) is 13.7. The van der Waals surface area contributed by atoms with Gasteiger partial charge >= 0.3 is 0 Å². The van der Waals surface area contributed by atoms with Crippen molar-refractivity contribution in [2.75, 3.05) is 7.05 Å². The Morgan fingerprint density at radius 3 is 2.37 bits per heavy atom. The number of ether oxygens (including phenoxy) is 1. The molecule has 2 rings (SSSR count). The zero-order valence-corrected chi connectivity index (χ0v) is 11.2. The molecule has 0 radical (unpaired) electrons. The molecular weight excluding hydrogens is 241 g/mol. The van der Waals surface area contributed by atoms with Gasteiger partial charge in [-0.25, -0.2) is 4.39 Å². The van der Waals surface area contributed by atoms with Crippen molar-refractivity contribution in [2.24, 2.45) is 0 Å². The molecule has 0 atom stereocenters. The third kappa shape index (κ3) is 3.80. The Balaban J connectivity index is 2.01. The van der Waals surface area contributed by atoms with Gasteiger partial charge < -0.3 is 10.1 Å². The molecule has 3 heteroatoms. The number of aryl methyl sites for hydroxylation is 1. The Kier molecular flexibility index (Phi) is 4.53. The van der Waals surface area contributed by atoms with Gasteiger partial charge in [-0.05, 0) is 37.2 Å². The van der Waals surface area contributed by atoms with Crippen LogP contribution in [0.1, 0.15) is 16.7 Å². The summed E-state index contributed by atoms with van der Waals surface area (Å²) in [6, 6.07) is 13.1. The number of hydrogen-bond acceptors (Lipinski definition) is 2. The highest BCUT2D eigenvalue weighted by molar-refractivity contribution is 5.30. The van der Waals surface area contributed by atoms with Crippen molar-refractivity contribution in [3.05, 3.63) is 65.0 Å². The molecule has 0 spiro atoms. The molecule has 0 aliphatic heterocycles. The van der Waals surface area contributed by atoms with Gasteiger partial charge in [-0.2, -0.15) is 0 Å². The summed E-state index contributed by atoms with van der Waals surface area (Å²) in [4.78, 5) is 0. The molecular formula is C16H18FNO. The maximum Gasteiger partial charge on any atom is 0.165 e. The largest absolute Gasteiger partial charge is 0.486 e. The number of hydrogen-bond donors (Lipinski definition) is 1. The number of nitrogens with one attached hydrogen (secondary N) is 1. The number of halogens is 1. The first-order chi connectivity index (χ1) is 9.19. The van der Waals surface area contributed by atoms with E-state index in [0.29, 0.717) is 18.9 Å². The van der Waals surface area contributed by atoms with Crippen LogP contribution in [0.15, 0.2) is 42.5 Å². The first-order valence-electron chi connectivity index (χ1n) is 6.30. The minimum Gasteiger partial charge on any atom is -0.486 e. The second-order valence-electron chi connectivity index (χ2n) is 4.57. The second-order valence-corrected chi connectivity index (χ2v) is 4.57. The minimum atomic E-state index is -0.320. The highest BCUT2D eigenvalue weighted by Crippen LogP contribution is 2.19. The average Bonchev–Trinajstić information content (AvgIpc) is 2.40. The molecule has 0 amide bonds. The molecule has 100 valence electrons. The Hall–Kier alpha value is -1.87. The Morgan fingerprint density at radius 1 is 1.05 bits per heavy atom. The monoisotopic (exact) mass is 259 g/mol. The number of benzene rings is 2. The third-order valence-corrected chi connectivity index (χ3v) is 2.89. The minimum absolute atomic E-state index is 0.292. The van der Waals surface area contributed by atoms with Crippen molar-refractivity contribution in [3.8, 4) is 5.75 Å². The topological polar surface area (TPSA) is 21.3 Å². The summed E-state index contributed by atoms with van der Waals surface area (Å²) in [7, 11) is 1.83. The third-order valence-electron chi connectivity index (χ3n) is 2.89. The predicted molar refractivity (Wildman–Crippen MR) is 74.7 cm³/mol. The van der Waals surface area contributed by atoms with Crippen LogP contribution < -0.4 is 10.1 Å². The van der Waals surface area contributed by atoms with E-state index in [1.807, 2.05) is 44.3 Å². The lowest BCUT2D eigenvalue weighted by atomic mass is 10.1. The van der Waals surface area contributed by atoms with E-state index in [1.54, 1.807) is 6.07 Å². The molecule has 0 unspecified atom stereocenters. The molecule has 0 bridgehead atoms. The molecule has 0 aliphatic carbocycles. The smallest absolute Gasteiger partial charge is 0.165 e. The molecule has 0 saturated carbocycles. The lowest BCUT2D eigenvalue weighted by molar-refractivity contribution is 0.290. The molecule has 2 aromatic rings. The molecule has 0 saturated heterocycles. The maximum absolute atomic E-state index is 13.8. The Morgan fingerprint density at radius 2 is 1.74 bits per heavy atom. The summed E-state index contributed by atoms with van der Waals surface area (Å²) in [5.41, 5.74) is 3.14. The van der Waals surface area contributed by atoms with E-state index < -0.39 is 0 Å². The van der Waals surface area contributed by atoms with Crippen LogP contribution in [0.25, 0.3) is 0 Å². The standard InChI is InChI=1S/C16H18FNO/c1-12-3-5-13(6-4-12)11-19-16-8-7-14(10-18-2)9-15(16)17/h3-9,18H,10-11H2,1-2H3. The molecule has 2 aromatic carbocycles. The molecule has 1 N–H and O–H groups in total. The van der Waals surface area contributed by atoms with Crippen molar-refractivity contribution in [3.63, 3.8) is 0 Å². The van der Waals surface area contributed by atoms with E-state index in [-0.39, 0.29) is 5.82 Å². The second kappa shape index (κ2) is 6.34. The van der Waals surface area contributed by atoms with Gasteiger partial charge in [-0.3, -0.25) is 0 Å². The van der Waals surface area contributed by atoms with Gasteiger partial charge in [0.2, 0.25) is 0 Å². The van der Waals surface area contributed by atoms with E-state index in [4.69, 9.17) is 4.74 Å². The van der Waals surface area contributed by atoms with E-state index >= 15 is 0 Å². The lowest BCUT2D eigenvalue weighted by Gasteiger charge is -2.09. The van der Waals surface area contributed by atoms with Crippen LogP contribution in [0, 0.1) is 12.7 Å². The van der Waals surface area contributed by atoms with Crippen LogP contribution in [0.4, 0.5) is 4.39 Å². The fourth-order valence-corrected chi connectivity index (χ4v) is 1.82. The molecule has 19 heavy (non-hydrogen) atoms. The SMILES string of the molecule is CNCc1ccc(OCc2ccc(C)cc2)c(F)c1. The summed E-state index contributed by atoms with van der Waals surface area (Å²) in [6.07, 6.45) is 0. The summed E-state index contributed by atoms with van der Waals surface area (Å²) in [6.45, 7) is 3.06. The predicted octanol–water partition coefficient (Wildman–Crippen LogP) is 3.43. The van der Waals surface area contributed by atoms with Crippen LogP contribution in [0.2, 0.25) is 0 Å². The normalized spacial score (nSPS) is 10.5. The summed E-state index contributed by atoms with van der Waals surface area (Å²) in [5, 5.41) is 2.99. The Bertz CT molecular complexity index is 537. The fourth-order valence-electron chi connectivity index (χ4n) is 1.82. The van der Waals surface area contributed by atoms with Gasteiger partial charge in [0.1, 0.15) is 6.61 Å². The van der Waals surface area contributed by atoms with E-state index in [0.717, 1.165) is 11.1 Å². The van der Waals surface area contributed by atoms with Crippen LogP contribution in [0.5, 0.6) is 5.75 Å². The van der Waals surface area contributed by atoms with Gasteiger partial charge in [0.25, 0.3) is 0 Å². The maximum atomic E-state index is 13.8. The highest BCUT2D eigenvalue weighted by Gasteiger charge is 2.05. The summed E-state index contributed by atoms with van der Waals surface area (Å²) >= 11 is 0. The molecule has 0 aromatic heterocycles. The van der Waals surface area contributed by atoms with Crippen molar-refractivity contribution in [1.29, 1.82) is 0 Å². The van der Waals surface area contributed by atoms with Crippen LogP contribution >= 0.6 is 0 Å². The van der Waals surface area contributed by atoms with Crippen LogP contribution in [0.3, 0.4) is 0 Å². The number of rotatable bonds is 5. The molecule has 0 aliphatic rings. The van der Waals surface area contributed by atoms with E-state index in [1.165, 1.54) is 11.6 Å². The van der Waals surface area contributed by atoms with Gasteiger partial charge in [0.05, 0.1) is 0 Å². The van der Waals surface area contributed by atoms with E-state index in [2.05, 4.69) is 5.32 Å². The first kappa shape index (κ1) is 13.6. The quantitative estimate of drug-likeness (QED) is 0.888. The van der Waals surface area contributed by atoms with Gasteiger partial charge in [-0.1, -0.05) is 35.9 Å². The van der Waals surface area contributed by atoms with Crippen LogP contribution in [-0.4, -0.2) is 7.05 Å². The van der Waals surface area contributed by atoms with Crippen molar-refractivity contribution < 1.29 is 9.13 Å². The summed E-state index contributed by atoms with van der Waals surface area (Å²) < 4.78 is 19.3. The molecule has 2 nitrogen and oxygen atoms in total. The zero-order valence-electron chi connectivity index (χ0n) is 11.2. The average molecular weight is 259 g/mol. The van der Waals surface area contributed by atoms with Gasteiger partial charge in [-0.15, -0.1) is 0 Å². The molecule has 0 heterocycles. The van der Waals surface area contributed by atoms with Gasteiger partial charge in [0, 0.05) is 6.54 Å². The van der Waals surface area contributed by atoms with Gasteiger partial charge in [0.15, 0.2) is 11.6 Å². The van der Waals surface area contributed by atoms with E-state index in [9.17, 15) is 4.39 Å². The Labute approximate surface area is 113 Å². The van der Waals surface area contributed by atoms with Crippen molar-refractivity contribution >= 4 is 0 Å². The first-order valence-corrected chi connectivity index (χ1v) is 6.30. The van der Waals surface area contributed by atoms with Crippen molar-refractivity contribution in [2.45, 2.75) is 20.1 Å². The highest BCUT2D eigenvalue weighted by atomic mass is 19.1. The van der Waals surface area contributed by atoms with Crippen LogP contribution in [-0.2, 0) is 13.2 Å². The molecule has 0 fully saturated rings. The van der Waals surface area contributed by atoms with Crippen molar-refractivity contribution in [1.82, 2.24) is 5.32 Å². The lowest BCUT2D eigenvalue weighted by Crippen LogP contribution is -2.05.